The number of hydrogen-bond donors (Lipinski definition) is 1. The van der Waals surface area contributed by atoms with E-state index in [9.17, 15) is 13.2 Å². The molecule has 1 N–H and O–H groups in total. The third-order valence-corrected chi connectivity index (χ3v) is 4.18. The Hall–Kier alpha value is -2.15. The summed E-state index contributed by atoms with van der Waals surface area (Å²) in [5.41, 5.74) is 0.234. The number of hydrogen-bond acceptors (Lipinski definition) is 4. The molecule has 2 aromatic rings. The Morgan fingerprint density at radius 2 is 1.96 bits per heavy atom. The van der Waals surface area contributed by atoms with Crippen LogP contribution in [0, 0.1) is 0 Å². The van der Waals surface area contributed by atoms with Crippen molar-refractivity contribution in [2.75, 3.05) is 18.0 Å². The summed E-state index contributed by atoms with van der Waals surface area (Å²) < 4.78 is 37.7. The normalized spacial score (nSPS) is 18.6. The van der Waals surface area contributed by atoms with Crippen LogP contribution in [0.25, 0.3) is 0 Å². The maximum absolute atomic E-state index is 12.6. The molecule has 1 aromatic heterocycles. The van der Waals surface area contributed by atoms with Crippen LogP contribution in [0.2, 0.25) is 0 Å². The van der Waals surface area contributed by atoms with Crippen molar-refractivity contribution in [3.8, 4) is 0 Å². The fraction of sp³-hybridized carbons (Fsp3) is 0.412. The monoisotopic (exact) mass is 336 g/mol. The fourth-order valence-electron chi connectivity index (χ4n) is 2.89. The van der Waals surface area contributed by atoms with Crippen LogP contribution in [0.1, 0.15) is 24.0 Å². The van der Waals surface area contributed by atoms with Crippen LogP contribution in [0.3, 0.4) is 0 Å². The SMILES string of the molecule is FC(F)(F)c1ccc(CNC2CCCN(c3cccnn3)C2)cc1. The molecule has 0 aliphatic carbocycles. The van der Waals surface area contributed by atoms with E-state index < -0.39 is 11.7 Å². The van der Waals surface area contributed by atoms with Crippen molar-refractivity contribution in [1.29, 1.82) is 0 Å². The summed E-state index contributed by atoms with van der Waals surface area (Å²) in [6.45, 7) is 2.31. The number of alkyl halides is 3. The minimum atomic E-state index is -4.29. The van der Waals surface area contributed by atoms with E-state index in [-0.39, 0.29) is 6.04 Å². The molecule has 7 heteroatoms. The minimum Gasteiger partial charge on any atom is -0.354 e. The van der Waals surface area contributed by atoms with Crippen LogP contribution in [-0.2, 0) is 12.7 Å². The first-order valence-corrected chi connectivity index (χ1v) is 7.94. The van der Waals surface area contributed by atoms with Crippen molar-refractivity contribution in [3.05, 3.63) is 53.7 Å². The van der Waals surface area contributed by atoms with Gasteiger partial charge in [0.15, 0.2) is 5.82 Å². The molecule has 4 nitrogen and oxygen atoms in total. The van der Waals surface area contributed by atoms with E-state index in [2.05, 4.69) is 20.4 Å². The number of anilines is 1. The quantitative estimate of drug-likeness (QED) is 0.930. The first-order valence-electron chi connectivity index (χ1n) is 7.94. The Balaban J connectivity index is 1.55. The van der Waals surface area contributed by atoms with E-state index in [1.165, 1.54) is 12.1 Å². The highest BCUT2D eigenvalue weighted by Gasteiger charge is 2.30. The number of aromatic nitrogens is 2. The first-order chi connectivity index (χ1) is 11.5. The zero-order valence-corrected chi connectivity index (χ0v) is 13.1. The standard InChI is InChI=1S/C17H19F3N4/c18-17(19,20)14-7-5-13(6-8-14)11-21-15-3-2-10-24(12-15)16-4-1-9-22-23-16/h1,4-9,15,21H,2-3,10-12H2. The smallest absolute Gasteiger partial charge is 0.354 e. The third kappa shape index (κ3) is 4.23. The number of halogens is 3. The first kappa shape index (κ1) is 16.7. The van der Waals surface area contributed by atoms with Crippen molar-refractivity contribution < 1.29 is 13.2 Å². The average Bonchev–Trinajstić information content (AvgIpc) is 2.61. The van der Waals surface area contributed by atoms with Gasteiger partial charge in [0.1, 0.15) is 0 Å². The van der Waals surface area contributed by atoms with Crippen molar-refractivity contribution in [2.45, 2.75) is 31.6 Å². The number of nitrogens with one attached hydrogen (secondary N) is 1. The van der Waals surface area contributed by atoms with Crippen LogP contribution in [0.5, 0.6) is 0 Å². The lowest BCUT2D eigenvalue weighted by Gasteiger charge is -2.33. The molecular weight excluding hydrogens is 317 g/mol. The van der Waals surface area contributed by atoms with Gasteiger partial charge in [0.2, 0.25) is 0 Å². The van der Waals surface area contributed by atoms with Gasteiger partial charge in [0, 0.05) is 31.9 Å². The number of rotatable bonds is 4. The van der Waals surface area contributed by atoms with Gasteiger partial charge in [-0.1, -0.05) is 12.1 Å². The summed E-state index contributed by atoms with van der Waals surface area (Å²) in [4.78, 5) is 2.18. The van der Waals surface area contributed by atoms with Gasteiger partial charge in [0.05, 0.1) is 5.56 Å². The van der Waals surface area contributed by atoms with Crippen LogP contribution in [-0.4, -0.2) is 29.3 Å². The molecule has 1 aliphatic heterocycles. The summed E-state index contributed by atoms with van der Waals surface area (Å²) in [5.74, 6) is 0.860. The van der Waals surface area contributed by atoms with Gasteiger partial charge in [0.25, 0.3) is 0 Å². The molecule has 3 rings (SSSR count). The van der Waals surface area contributed by atoms with Gasteiger partial charge >= 0.3 is 6.18 Å². The maximum atomic E-state index is 12.6. The zero-order valence-electron chi connectivity index (χ0n) is 13.1. The van der Waals surface area contributed by atoms with E-state index >= 15 is 0 Å². The Morgan fingerprint density at radius 1 is 1.17 bits per heavy atom. The van der Waals surface area contributed by atoms with Crippen LogP contribution >= 0.6 is 0 Å². The molecular formula is C17H19F3N4. The molecule has 0 saturated carbocycles. The lowest BCUT2D eigenvalue weighted by Crippen LogP contribution is -2.45. The fourth-order valence-corrected chi connectivity index (χ4v) is 2.89. The molecule has 2 heterocycles. The highest BCUT2D eigenvalue weighted by atomic mass is 19.4. The largest absolute Gasteiger partial charge is 0.416 e. The molecule has 1 saturated heterocycles. The minimum absolute atomic E-state index is 0.281. The summed E-state index contributed by atoms with van der Waals surface area (Å²) in [7, 11) is 0. The second kappa shape index (κ2) is 7.17. The number of benzene rings is 1. The highest BCUT2D eigenvalue weighted by molar-refractivity contribution is 5.37. The van der Waals surface area contributed by atoms with E-state index in [0.717, 1.165) is 49.4 Å². The maximum Gasteiger partial charge on any atom is 0.416 e. The predicted octanol–water partition coefficient (Wildman–Crippen LogP) is 3.25. The number of nitrogens with zero attached hydrogens (tertiary/aromatic N) is 3. The molecule has 24 heavy (non-hydrogen) atoms. The molecule has 0 bridgehead atoms. The van der Waals surface area contributed by atoms with Gasteiger partial charge in [-0.25, -0.2) is 0 Å². The summed E-state index contributed by atoms with van der Waals surface area (Å²) in [6, 6.07) is 9.39. The topological polar surface area (TPSA) is 41.0 Å². The van der Waals surface area contributed by atoms with Gasteiger partial charge in [-0.15, -0.1) is 5.10 Å². The Bertz CT molecular complexity index is 643. The molecule has 128 valence electrons. The van der Waals surface area contributed by atoms with Crippen LogP contribution in [0.4, 0.5) is 19.0 Å². The Labute approximate surface area is 138 Å². The van der Waals surface area contributed by atoms with Gasteiger partial charge in [-0.2, -0.15) is 18.3 Å². The summed E-state index contributed by atoms with van der Waals surface area (Å²) in [5, 5.41) is 11.5. The second-order valence-corrected chi connectivity index (χ2v) is 5.94. The molecule has 1 unspecified atom stereocenters. The van der Waals surface area contributed by atoms with Gasteiger partial charge in [-0.3, -0.25) is 0 Å². The van der Waals surface area contributed by atoms with Gasteiger partial charge in [-0.05, 0) is 42.7 Å². The second-order valence-electron chi connectivity index (χ2n) is 5.94. The van der Waals surface area contributed by atoms with Crippen molar-refractivity contribution in [2.24, 2.45) is 0 Å². The number of piperidine rings is 1. The lowest BCUT2D eigenvalue weighted by molar-refractivity contribution is -0.137. The Kier molecular flexibility index (Phi) is 4.99. The zero-order chi connectivity index (χ0) is 17.0. The molecule has 1 aromatic carbocycles. The van der Waals surface area contributed by atoms with E-state index in [4.69, 9.17) is 0 Å². The van der Waals surface area contributed by atoms with Crippen molar-refractivity contribution >= 4 is 5.82 Å². The highest BCUT2D eigenvalue weighted by Crippen LogP contribution is 2.29. The van der Waals surface area contributed by atoms with Crippen molar-refractivity contribution in [1.82, 2.24) is 15.5 Å². The van der Waals surface area contributed by atoms with E-state index in [0.29, 0.717) is 6.54 Å². The lowest BCUT2D eigenvalue weighted by atomic mass is 10.0. The summed E-state index contributed by atoms with van der Waals surface area (Å²) >= 11 is 0. The van der Waals surface area contributed by atoms with Gasteiger partial charge < -0.3 is 10.2 Å². The molecule has 1 aliphatic rings. The van der Waals surface area contributed by atoms with E-state index in [1.54, 1.807) is 6.20 Å². The molecule has 0 radical (unpaired) electrons. The van der Waals surface area contributed by atoms with E-state index in [1.807, 2.05) is 12.1 Å². The molecule has 1 fully saturated rings. The third-order valence-electron chi connectivity index (χ3n) is 4.18. The van der Waals surface area contributed by atoms with Crippen molar-refractivity contribution in [3.63, 3.8) is 0 Å². The Morgan fingerprint density at radius 3 is 2.62 bits per heavy atom. The summed E-state index contributed by atoms with van der Waals surface area (Å²) in [6.07, 6.45) is -0.557. The van der Waals surface area contributed by atoms with Crippen LogP contribution < -0.4 is 10.2 Å². The molecule has 0 amide bonds. The average molecular weight is 336 g/mol. The molecule has 1 atom stereocenters. The molecule has 0 spiro atoms. The van der Waals surface area contributed by atoms with Crippen LogP contribution in [0.15, 0.2) is 42.6 Å². The predicted molar refractivity (Wildman–Crippen MR) is 85.6 cm³/mol.